The molecule has 110 valence electrons. The number of benzene rings is 1. The maximum atomic E-state index is 13.9. The first-order valence-electron chi connectivity index (χ1n) is 6.93. The van der Waals surface area contributed by atoms with Gasteiger partial charge in [-0.15, -0.1) is 11.3 Å². The van der Waals surface area contributed by atoms with Crippen molar-refractivity contribution in [2.24, 2.45) is 4.99 Å². The van der Waals surface area contributed by atoms with Gasteiger partial charge in [0, 0.05) is 24.2 Å². The highest BCUT2D eigenvalue weighted by molar-refractivity contribution is 7.09. The standard InChI is InChI=1S/C15H16FN3OS/c1-11-10-19(13-7-3-2-6-12(13)16)15(21-11)17-14(20)18-8-4-5-9-18/h2-3,6-7,10H,4-5,8-9H2,1H3/b17-15-. The molecule has 3 rings (SSSR count). The van der Waals surface area contributed by atoms with Crippen LogP contribution in [0, 0.1) is 12.7 Å². The number of hydrogen-bond acceptors (Lipinski definition) is 2. The van der Waals surface area contributed by atoms with Crippen molar-refractivity contribution >= 4 is 17.4 Å². The number of rotatable bonds is 1. The molecule has 2 aromatic rings. The number of nitrogens with zero attached hydrogens (tertiary/aromatic N) is 3. The molecule has 2 amide bonds. The molecule has 0 bridgehead atoms. The smallest absolute Gasteiger partial charge is 0.323 e. The Morgan fingerprint density at radius 3 is 2.71 bits per heavy atom. The minimum atomic E-state index is -0.328. The molecule has 0 atom stereocenters. The lowest BCUT2D eigenvalue weighted by Gasteiger charge is -2.10. The van der Waals surface area contributed by atoms with Crippen molar-refractivity contribution in [3.8, 4) is 5.69 Å². The molecule has 1 aromatic carbocycles. The number of amides is 2. The molecule has 2 heterocycles. The molecule has 0 aliphatic carbocycles. The fraction of sp³-hybridized carbons (Fsp3) is 0.333. The van der Waals surface area contributed by atoms with Crippen molar-refractivity contribution in [3.05, 3.63) is 46.0 Å². The molecule has 1 aliphatic heterocycles. The molecule has 0 radical (unpaired) electrons. The van der Waals surface area contributed by atoms with E-state index in [0.29, 0.717) is 10.5 Å². The first-order chi connectivity index (χ1) is 10.1. The Morgan fingerprint density at radius 2 is 2.00 bits per heavy atom. The molecule has 1 aromatic heterocycles. The van der Waals surface area contributed by atoms with Crippen LogP contribution in [0.3, 0.4) is 0 Å². The molecule has 1 saturated heterocycles. The number of carbonyl (C=O) groups excluding carboxylic acids is 1. The minimum absolute atomic E-state index is 0.237. The van der Waals surface area contributed by atoms with Crippen LogP contribution in [-0.4, -0.2) is 28.6 Å². The zero-order chi connectivity index (χ0) is 14.8. The average Bonchev–Trinajstić information content (AvgIpc) is 3.09. The summed E-state index contributed by atoms with van der Waals surface area (Å²) < 4.78 is 15.6. The van der Waals surface area contributed by atoms with E-state index in [1.54, 1.807) is 33.9 Å². The summed E-state index contributed by atoms with van der Waals surface area (Å²) in [6.07, 6.45) is 3.86. The van der Waals surface area contributed by atoms with Gasteiger partial charge in [-0.3, -0.25) is 4.57 Å². The van der Waals surface area contributed by atoms with Crippen LogP contribution in [0.2, 0.25) is 0 Å². The summed E-state index contributed by atoms with van der Waals surface area (Å²) in [5.41, 5.74) is 0.412. The number of urea groups is 1. The van der Waals surface area contributed by atoms with Gasteiger partial charge in [-0.2, -0.15) is 4.99 Å². The molecule has 0 spiro atoms. The predicted octanol–water partition coefficient (Wildman–Crippen LogP) is 3.10. The normalized spacial score (nSPS) is 15.7. The summed E-state index contributed by atoms with van der Waals surface area (Å²) in [6, 6.07) is 6.26. The predicted molar refractivity (Wildman–Crippen MR) is 80.1 cm³/mol. The molecule has 0 N–H and O–H groups in total. The van der Waals surface area contributed by atoms with E-state index in [4.69, 9.17) is 0 Å². The topological polar surface area (TPSA) is 37.6 Å². The Hall–Kier alpha value is -1.95. The number of carbonyl (C=O) groups is 1. The second-order valence-electron chi connectivity index (χ2n) is 5.03. The Balaban J connectivity index is 2.04. The zero-order valence-corrected chi connectivity index (χ0v) is 12.6. The number of hydrogen-bond donors (Lipinski definition) is 0. The Bertz CT molecular complexity index is 729. The van der Waals surface area contributed by atoms with E-state index in [-0.39, 0.29) is 11.8 Å². The van der Waals surface area contributed by atoms with E-state index in [9.17, 15) is 9.18 Å². The van der Waals surface area contributed by atoms with E-state index in [1.807, 2.05) is 6.92 Å². The van der Waals surface area contributed by atoms with Gasteiger partial charge in [0.25, 0.3) is 0 Å². The van der Waals surface area contributed by atoms with Gasteiger partial charge >= 0.3 is 6.03 Å². The monoisotopic (exact) mass is 305 g/mol. The second-order valence-corrected chi connectivity index (χ2v) is 6.25. The van der Waals surface area contributed by atoms with Crippen LogP contribution < -0.4 is 4.80 Å². The molecule has 1 aliphatic rings. The number of thiazole rings is 1. The molecule has 0 saturated carbocycles. The minimum Gasteiger partial charge on any atom is -0.323 e. The largest absolute Gasteiger partial charge is 0.346 e. The van der Waals surface area contributed by atoms with Crippen LogP contribution in [-0.2, 0) is 0 Å². The number of aromatic nitrogens is 1. The van der Waals surface area contributed by atoms with Crippen molar-refractivity contribution in [1.82, 2.24) is 9.47 Å². The van der Waals surface area contributed by atoms with Gasteiger partial charge in [-0.25, -0.2) is 9.18 Å². The molecule has 1 fully saturated rings. The van der Waals surface area contributed by atoms with E-state index in [1.165, 1.54) is 17.4 Å². The number of likely N-dealkylation sites (tertiary alicyclic amines) is 1. The molecular weight excluding hydrogens is 289 g/mol. The van der Waals surface area contributed by atoms with Crippen LogP contribution in [0.5, 0.6) is 0 Å². The Labute approximate surface area is 126 Å². The third kappa shape index (κ3) is 2.90. The molecule has 21 heavy (non-hydrogen) atoms. The lowest BCUT2D eigenvalue weighted by Crippen LogP contribution is -2.27. The van der Waals surface area contributed by atoms with Crippen LogP contribution in [0.1, 0.15) is 17.7 Å². The maximum Gasteiger partial charge on any atom is 0.346 e. The lowest BCUT2D eigenvalue weighted by molar-refractivity contribution is 0.218. The van der Waals surface area contributed by atoms with Gasteiger partial charge in [-0.05, 0) is 31.9 Å². The van der Waals surface area contributed by atoms with Crippen LogP contribution >= 0.6 is 11.3 Å². The van der Waals surface area contributed by atoms with Gasteiger partial charge < -0.3 is 4.90 Å². The highest BCUT2D eigenvalue weighted by atomic mass is 32.1. The van der Waals surface area contributed by atoms with E-state index < -0.39 is 0 Å². The zero-order valence-electron chi connectivity index (χ0n) is 11.8. The molecular formula is C15H16FN3OS. The van der Waals surface area contributed by atoms with Crippen molar-refractivity contribution in [2.75, 3.05) is 13.1 Å². The summed E-state index contributed by atoms with van der Waals surface area (Å²) in [5.74, 6) is -0.328. The van der Waals surface area contributed by atoms with Gasteiger partial charge in [0.1, 0.15) is 5.82 Å². The highest BCUT2D eigenvalue weighted by Crippen LogP contribution is 2.14. The Morgan fingerprint density at radius 1 is 1.29 bits per heavy atom. The third-order valence-corrected chi connectivity index (χ3v) is 4.35. The summed E-state index contributed by atoms with van der Waals surface area (Å²) in [4.78, 5) is 19.6. The SMILES string of the molecule is Cc1cn(-c2ccccc2F)/c(=N/C(=O)N2CCCC2)s1. The quantitative estimate of drug-likeness (QED) is 0.797. The maximum absolute atomic E-state index is 13.9. The summed E-state index contributed by atoms with van der Waals surface area (Å²) in [7, 11) is 0. The van der Waals surface area contributed by atoms with Crippen molar-refractivity contribution < 1.29 is 9.18 Å². The van der Waals surface area contributed by atoms with Gasteiger partial charge in [0.05, 0.1) is 5.69 Å². The van der Waals surface area contributed by atoms with E-state index in [2.05, 4.69) is 4.99 Å². The fourth-order valence-electron chi connectivity index (χ4n) is 2.41. The van der Waals surface area contributed by atoms with E-state index >= 15 is 0 Å². The average molecular weight is 305 g/mol. The Kier molecular flexibility index (Phi) is 3.88. The third-order valence-electron chi connectivity index (χ3n) is 3.45. The van der Waals surface area contributed by atoms with E-state index in [0.717, 1.165) is 30.8 Å². The van der Waals surface area contributed by atoms with Crippen molar-refractivity contribution in [1.29, 1.82) is 0 Å². The summed E-state index contributed by atoms with van der Waals surface area (Å²) >= 11 is 1.39. The summed E-state index contributed by atoms with van der Waals surface area (Å²) in [6.45, 7) is 3.43. The second kappa shape index (κ2) is 5.81. The van der Waals surface area contributed by atoms with Crippen LogP contribution in [0.4, 0.5) is 9.18 Å². The van der Waals surface area contributed by atoms with Crippen molar-refractivity contribution in [3.63, 3.8) is 0 Å². The highest BCUT2D eigenvalue weighted by Gasteiger charge is 2.17. The molecule has 6 heteroatoms. The number of aryl methyl sites for hydroxylation is 1. The van der Waals surface area contributed by atoms with Crippen LogP contribution in [0.25, 0.3) is 5.69 Å². The van der Waals surface area contributed by atoms with Crippen LogP contribution in [0.15, 0.2) is 35.5 Å². The molecule has 4 nitrogen and oxygen atoms in total. The summed E-state index contributed by atoms with van der Waals surface area (Å²) in [5, 5.41) is 0. The first-order valence-corrected chi connectivity index (χ1v) is 7.74. The van der Waals surface area contributed by atoms with Crippen molar-refractivity contribution in [2.45, 2.75) is 19.8 Å². The van der Waals surface area contributed by atoms with Gasteiger partial charge in [-0.1, -0.05) is 12.1 Å². The number of para-hydroxylation sites is 1. The lowest BCUT2D eigenvalue weighted by atomic mass is 10.3. The van der Waals surface area contributed by atoms with Gasteiger partial charge in [0.2, 0.25) is 0 Å². The number of halogens is 1. The molecule has 0 unspecified atom stereocenters. The first kappa shape index (κ1) is 14.0. The van der Waals surface area contributed by atoms with Gasteiger partial charge in [0.15, 0.2) is 4.80 Å². The fourth-order valence-corrected chi connectivity index (χ4v) is 3.23.